The highest BCUT2D eigenvalue weighted by molar-refractivity contribution is 4.88. The highest BCUT2D eigenvalue weighted by Crippen LogP contribution is 2.21. The molecule has 0 N–H and O–H groups in total. The fourth-order valence-corrected chi connectivity index (χ4v) is 2.29. The summed E-state index contributed by atoms with van der Waals surface area (Å²) in [5.74, 6) is 0. The van der Waals surface area contributed by atoms with Crippen LogP contribution in [0, 0.1) is 0 Å². The molecule has 0 aliphatic carbocycles. The smallest absolute Gasteiger partial charge is 0.266 e. The fraction of sp³-hybridized carbons (Fsp3) is 0.667. The summed E-state index contributed by atoms with van der Waals surface area (Å²) in [6.45, 7) is 6.55. The highest BCUT2D eigenvalue weighted by Gasteiger charge is 2.22. The van der Waals surface area contributed by atoms with Crippen molar-refractivity contribution < 1.29 is 0 Å². The van der Waals surface area contributed by atoms with Crippen LogP contribution in [-0.2, 0) is 0 Å². The zero-order valence-electron chi connectivity index (χ0n) is 9.97. The average Bonchev–Trinajstić information content (AvgIpc) is 2.30. The minimum Gasteiger partial charge on any atom is -0.301 e. The van der Waals surface area contributed by atoms with Crippen LogP contribution in [0.5, 0.6) is 0 Å². The van der Waals surface area contributed by atoms with Crippen LogP contribution in [0.25, 0.3) is 0 Å². The molecule has 1 fully saturated rings. The molecule has 2 rings (SSSR count). The van der Waals surface area contributed by atoms with Crippen molar-refractivity contribution in [2.45, 2.75) is 38.8 Å². The minimum atomic E-state index is 0.0190. The highest BCUT2D eigenvalue weighted by atomic mass is 16.1. The first-order chi connectivity index (χ1) is 7.68. The number of aromatic nitrogens is 2. The first kappa shape index (κ1) is 11.3. The van der Waals surface area contributed by atoms with Gasteiger partial charge in [-0.3, -0.25) is 4.79 Å². The zero-order valence-corrected chi connectivity index (χ0v) is 9.97. The molecule has 16 heavy (non-hydrogen) atoms. The van der Waals surface area contributed by atoms with Crippen LogP contribution in [0.15, 0.2) is 23.1 Å². The molecule has 0 bridgehead atoms. The molecule has 1 saturated heterocycles. The Labute approximate surface area is 95.9 Å². The lowest BCUT2D eigenvalue weighted by Gasteiger charge is -2.34. The van der Waals surface area contributed by atoms with E-state index >= 15 is 0 Å². The normalized spacial score (nSPS) is 19.2. The van der Waals surface area contributed by atoms with E-state index in [-0.39, 0.29) is 11.6 Å². The molecule has 4 heteroatoms. The maximum atomic E-state index is 11.6. The predicted octanol–water partition coefficient (Wildman–Crippen LogP) is 1.29. The summed E-state index contributed by atoms with van der Waals surface area (Å²) in [5, 5.41) is 4.16. The lowest BCUT2D eigenvalue weighted by molar-refractivity contribution is 0.145. The van der Waals surface area contributed by atoms with Gasteiger partial charge in [-0.1, -0.05) is 0 Å². The zero-order chi connectivity index (χ0) is 11.5. The first-order valence-corrected chi connectivity index (χ1v) is 5.96. The predicted molar refractivity (Wildman–Crippen MR) is 63.5 cm³/mol. The molecule has 0 aromatic carbocycles. The van der Waals surface area contributed by atoms with Crippen LogP contribution < -0.4 is 5.56 Å². The van der Waals surface area contributed by atoms with Gasteiger partial charge >= 0.3 is 0 Å². The lowest BCUT2D eigenvalue weighted by atomic mass is 10.0. The average molecular weight is 221 g/mol. The summed E-state index contributed by atoms with van der Waals surface area (Å²) in [5.41, 5.74) is 0.0190. The Morgan fingerprint density at radius 2 is 2.06 bits per heavy atom. The third-order valence-electron chi connectivity index (χ3n) is 3.32. The van der Waals surface area contributed by atoms with Gasteiger partial charge in [-0.2, -0.15) is 5.10 Å². The number of hydrogen-bond donors (Lipinski definition) is 0. The largest absolute Gasteiger partial charge is 0.301 e. The van der Waals surface area contributed by atoms with Crippen molar-refractivity contribution in [3.8, 4) is 0 Å². The van der Waals surface area contributed by atoms with Crippen LogP contribution in [0.3, 0.4) is 0 Å². The Balaban J connectivity index is 2.05. The van der Waals surface area contributed by atoms with Crippen LogP contribution >= 0.6 is 0 Å². The Bertz CT molecular complexity index is 391. The molecule has 0 saturated carbocycles. The second-order valence-corrected chi connectivity index (χ2v) is 4.67. The summed E-state index contributed by atoms with van der Waals surface area (Å²) >= 11 is 0. The van der Waals surface area contributed by atoms with Gasteiger partial charge in [0.15, 0.2) is 0 Å². The second-order valence-electron chi connectivity index (χ2n) is 4.67. The molecule has 0 radical (unpaired) electrons. The van der Waals surface area contributed by atoms with Crippen LogP contribution in [0.4, 0.5) is 0 Å². The Kier molecular flexibility index (Phi) is 3.39. The number of piperidine rings is 1. The third kappa shape index (κ3) is 2.32. The van der Waals surface area contributed by atoms with Crippen molar-refractivity contribution in [2.75, 3.05) is 13.1 Å². The van der Waals surface area contributed by atoms with E-state index in [1.54, 1.807) is 23.0 Å². The summed E-state index contributed by atoms with van der Waals surface area (Å²) in [6, 6.07) is 4.16. The molecular formula is C12H19N3O. The van der Waals surface area contributed by atoms with E-state index in [0.29, 0.717) is 6.04 Å². The van der Waals surface area contributed by atoms with Crippen LogP contribution in [0.2, 0.25) is 0 Å². The second kappa shape index (κ2) is 4.78. The molecule has 0 spiro atoms. The van der Waals surface area contributed by atoms with Gasteiger partial charge < -0.3 is 4.90 Å². The van der Waals surface area contributed by atoms with Crippen molar-refractivity contribution in [2.24, 2.45) is 0 Å². The van der Waals surface area contributed by atoms with Gasteiger partial charge in [0.1, 0.15) is 0 Å². The molecule has 1 aliphatic rings. The number of rotatable bonds is 2. The summed E-state index contributed by atoms with van der Waals surface area (Å²) in [7, 11) is 0. The van der Waals surface area contributed by atoms with E-state index in [0.717, 1.165) is 25.9 Å². The summed E-state index contributed by atoms with van der Waals surface area (Å²) in [6.07, 6.45) is 3.74. The van der Waals surface area contributed by atoms with Crippen molar-refractivity contribution >= 4 is 0 Å². The van der Waals surface area contributed by atoms with E-state index in [1.807, 2.05) is 0 Å². The van der Waals surface area contributed by atoms with Crippen molar-refractivity contribution in [1.29, 1.82) is 0 Å². The molecule has 88 valence electrons. The SMILES string of the molecule is CC(C)N1CCC(n2ncccc2=O)CC1. The monoisotopic (exact) mass is 221 g/mol. The van der Waals surface area contributed by atoms with Gasteiger partial charge in [-0.05, 0) is 32.8 Å². The third-order valence-corrected chi connectivity index (χ3v) is 3.32. The van der Waals surface area contributed by atoms with Crippen LogP contribution in [-0.4, -0.2) is 33.8 Å². The first-order valence-electron chi connectivity index (χ1n) is 5.96. The topological polar surface area (TPSA) is 38.1 Å². The van der Waals surface area contributed by atoms with E-state index < -0.39 is 0 Å². The molecule has 4 nitrogen and oxygen atoms in total. The summed E-state index contributed by atoms with van der Waals surface area (Å²) < 4.78 is 1.64. The molecule has 1 aromatic rings. The Morgan fingerprint density at radius 3 is 2.62 bits per heavy atom. The maximum absolute atomic E-state index is 11.6. The molecule has 0 atom stereocenters. The fourth-order valence-electron chi connectivity index (χ4n) is 2.29. The molecule has 0 unspecified atom stereocenters. The van der Waals surface area contributed by atoms with E-state index in [2.05, 4.69) is 23.8 Å². The molecule has 1 aliphatic heterocycles. The Morgan fingerprint density at radius 1 is 1.38 bits per heavy atom. The number of likely N-dealkylation sites (tertiary alicyclic amines) is 1. The van der Waals surface area contributed by atoms with Crippen molar-refractivity contribution in [3.05, 3.63) is 28.7 Å². The minimum absolute atomic E-state index is 0.0190. The maximum Gasteiger partial charge on any atom is 0.266 e. The van der Waals surface area contributed by atoms with Gasteiger partial charge in [0.05, 0.1) is 6.04 Å². The molecule has 2 heterocycles. The van der Waals surface area contributed by atoms with E-state index in [9.17, 15) is 4.79 Å². The number of hydrogen-bond acceptors (Lipinski definition) is 3. The summed E-state index contributed by atoms with van der Waals surface area (Å²) in [4.78, 5) is 14.1. The van der Waals surface area contributed by atoms with Crippen LogP contribution in [0.1, 0.15) is 32.7 Å². The number of nitrogens with zero attached hydrogens (tertiary/aromatic N) is 3. The standard InChI is InChI=1S/C12H19N3O/c1-10(2)14-8-5-11(6-9-14)15-12(16)4-3-7-13-15/h3-4,7,10-11H,5-6,8-9H2,1-2H3. The van der Waals surface area contributed by atoms with Crippen molar-refractivity contribution in [3.63, 3.8) is 0 Å². The molecule has 0 amide bonds. The van der Waals surface area contributed by atoms with Gasteiger partial charge in [-0.15, -0.1) is 0 Å². The lowest BCUT2D eigenvalue weighted by Crippen LogP contribution is -2.41. The van der Waals surface area contributed by atoms with Gasteiger partial charge in [-0.25, -0.2) is 4.68 Å². The quantitative estimate of drug-likeness (QED) is 0.755. The van der Waals surface area contributed by atoms with Gasteiger partial charge in [0, 0.05) is 31.4 Å². The molecule has 1 aromatic heterocycles. The van der Waals surface area contributed by atoms with Gasteiger partial charge in [0.25, 0.3) is 5.56 Å². The Hall–Kier alpha value is -1.16. The van der Waals surface area contributed by atoms with E-state index in [1.165, 1.54) is 0 Å². The van der Waals surface area contributed by atoms with E-state index in [4.69, 9.17) is 0 Å². The molecular weight excluding hydrogens is 202 g/mol. The van der Waals surface area contributed by atoms with Crippen molar-refractivity contribution in [1.82, 2.24) is 14.7 Å². The van der Waals surface area contributed by atoms with Gasteiger partial charge in [0.2, 0.25) is 0 Å².